The van der Waals surface area contributed by atoms with Gasteiger partial charge in [-0.15, -0.1) is 0 Å². The van der Waals surface area contributed by atoms with E-state index in [2.05, 4.69) is 11.1 Å². The van der Waals surface area contributed by atoms with Crippen LogP contribution < -0.4 is 0 Å². The Morgan fingerprint density at radius 2 is 2.28 bits per heavy atom. The molecule has 0 amide bonds. The van der Waals surface area contributed by atoms with Crippen molar-refractivity contribution in [1.82, 2.24) is 4.98 Å². The number of carboxylic acids is 1. The minimum absolute atomic E-state index is 0.425. The maximum Gasteiger partial charge on any atom is 0.319 e. The van der Waals surface area contributed by atoms with E-state index in [0.717, 1.165) is 23.9 Å². The third-order valence-electron chi connectivity index (χ3n) is 2.62. The molecule has 0 aliphatic heterocycles. The fourth-order valence-corrected chi connectivity index (χ4v) is 2.82. The lowest BCUT2D eigenvalue weighted by atomic mass is 10.1. The minimum Gasteiger partial charge on any atom is -0.480 e. The maximum atomic E-state index is 11.4. The first kappa shape index (κ1) is 14.5. The number of aryl methyl sites for hydroxylation is 1. The zero-order valence-electron chi connectivity index (χ0n) is 10.7. The number of aliphatic carboxylic acids is 1. The molecule has 0 aliphatic carbocycles. The van der Waals surface area contributed by atoms with Crippen molar-refractivity contribution in [2.75, 3.05) is 0 Å². The van der Waals surface area contributed by atoms with E-state index in [4.69, 9.17) is 5.26 Å². The van der Waals surface area contributed by atoms with Crippen molar-refractivity contribution >= 4 is 17.7 Å². The second kappa shape index (κ2) is 5.87. The molecule has 0 fully saturated rings. The maximum absolute atomic E-state index is 11.4. The highest BCUT2D eigenvalue weighted by Crippen LogP contribution is 2.37. The molecular weight excluding hydrogens is 248 g/mol. The predicted molar refractivity (Wildman–Crippen MR) is 70.5 cm³/mol. The van der Waals surface area contributed by atoms with E-state index in [1.54, 1.807) is 19.1 Å². The normalized spacial score (nSPS) is 13.7. The van der Waals surface area contributed by atoms with Crippen molar-refractivity contribution in [2.24, 2.45) is 0 Å². The van der Waals surface area contributed by atoms with E-state index >= 15 is 0 Å². The molecule has 0 aromatic carbocycles. The fraction of sp³-hybridized carbons (Fsp3) is 0.462. The van der Waals surface area contributed by atoms with Crippen LogP contribution in [-0.2, 0) is 4.79 Å². The summed E-state index contributed by atoms with van der Waals surface area (Å²) in [6.07, 6.45) is 1.30. The number of nitriles is 1. The van der Waals surface area contributed by atoms with Gasteiger partial charge in [-0.2, -0.15) is 5.26 Å². The van der Waals surface area contributed by atoms with Crippen LogP contribution in [0.4, 0.5) is 0 Å². The Balaban J connectivity index is 3.12. The number of hydrogen-bond acceptors (Lipinski definition) is 4. The number of thioether (sulfide) groups is 1. The number of hydrogen-bond donors (Lipinski definition) is 1. The average molecular weight is 264 g/mol. The molecule has 1 heterocycles. The Hall–Kier alpha value is -1.54. The monoisotopic (exact) mass is 264 g/mol. The van der Waals surface area contributed by atoms with Crippen molar-refractivity contribution in [3.05, 3.63) is 23.4 Å². The van der Waals surface area contributed by atoms with Crippen LogP contribution in [0.15, 0.2) is 17.2 Å². The SMILES string of the molecule is CCCC(C)(Sc1nc(C)ccc1C#N)C(=O)O. The zero-order chi connectivity index (χ0) is 13.8. The molecule has 0 aliphatic rings. The number of aromatic nitrogens is 1. The van der Waals surface area contributed by atoms with Gasteiger partial charge in [-0.1, -0.05) is 25.1 Å². The fourth-order valence-electron chi connectivity index (χ4n) is 1.59. The van der Waals surface area contributed by atoms with Gasteiger partial charge in [0.25, 0.3) is 0 Å². The molecule has 1 N–H and O–H groups in total. The Morgan fingerprint density at radius 1 is 1.61 bits per heavy atom. The van der Waals surface area contributed by atoms with Gasteiger partial charge >= 0.3 is 5.97 Å². The summed E-state index contributed by atoms with van der Waals surface area (Å²) < 4.78 is -0.943. The van der Waals surface area contributed by atoms with Crippen LogP contribution in [0.1, 0.15) is 37.9 Å². The Kier molecular flexibility index (Phi) is 4.74. The Bertz CT molecular complexity index is 496. The smallest absolute Gasteiger partial charge is 0.319 e. The lowest BCUT2D eigenvalue weighted by Gasteiger charge is -2.23. The van der Waals surface area contributed by atoms with E-state index in [-0.39, 0.29) is 0 Å². The van der Waals surface area contributed by atoms with E-state index in [1.165, 1.54) is 0 Å². The second-order valence-corrected chi connectivity index (χ2v) is 5.80. The summed E-state index contributed by atoms with van der Waals surface area (Å²) in [6.45, 7) is 5.44. The summed E-state index contributed by atoms with van der Waals surface area (Å²) in [6, 6.07) is 5.48. The number of pyridine rings is 1. The van der Waals surface area contributed by atoms with Crippen LogP contribution >= 0.6 is 11.8 Å². The summed E-state index contributed by atoms with van der Waals surface area (Å²) in [5, 5.41) is 18.8. The minimum atomic E-state index is -0.943. The summed E-state index contributed by atoms with van der Waals surface area (Å²) in [5.41, 5.74) is 1.20. The largest absolute Gasteiger partial charge is 0.480 e. The van der Waals surface area contributed by atoms with Crippen molar-refractivity contribution in [3.63, 3.8) is 0 Å². The standard InChI is InChI=1S/C13H16N2O2S/c1-4-7-13(3,12(16)17)18-11-10(8-14)6-5-9(2)15-11/h5-6H,4,7H2,1-3H3,(H,16,17). The lowest BCUT2D eigenvalue weighted by molar-refractivity contribution is -0.139. The van der Waals surface area contributed by atoms with Gasteiger partial charge in [0.15, 0.2) is 0 Å². The molecule has 1 unspecified atom stereocenters. The molecule has 1 atom stereocenters. The third kappa shape index (κ3) is 3.23. The molecule has 0 spiro atoms. The molecule has 0 saturated heterocycles. The molecule has 0 saturated carbocycles. The zero-order valence-corrected chi connectivity index (χ0v) is 11.5. The molecule has 0 radical (unpaired) electrons. The highest BCUT2D eigenvalue weighted by atomic mass is 32.2. The molecule has 1 aromatic rings. The summed E-state index contributed by atoms with van der Waals surface area (Å²) in [4.78, 5) is 15.6. The van der Waals surface area contributed by atoms with Gasteiger partial charge in [-0.25, -0.2) is 4.98 Å². The Morgan fingerprint density at radius 3 is 2.78 bits per heavy atom. The first-order valence-electron chi connectivity index (χ1n) is 5.73. The van der Waals surface area contributed by atoms with Gasteiger partial charge in [0.1, 0.15) is 15.8 Å². The molecule has 1 aromatic heterocycles. The first-order valence-corrected chi connectivity index (χ1v) is 6.54. The number of nitrogens with zero attached hydrogens (tertiary/aromatic N) is 2. The highest BCUT2D eigenvalue weighted by molar-refractivity contribution is 8.01. The number of rotatable bonds is 5. The van der Waals surface area contributed by atoms with E-state index in [1.807, 2.05) is 13.8 Å². The predicted octanol–water partition coefficient (Wildman–Crippen LogP) is 3.00. The van der Waals surface area contributed by atoms with Gasteiger partial charge in [-0.05, 0) is 32.4 Å². The highest BCUT2D eigenvalue weighted by Gasteiger charge is 2.34. The second-order valence-electron chi connectivity index (χ2n) is 4.31. The quantitative estimate of drug-likeness (QED) is 0.827. The van der Waals surface area contributed by atoms with Gasteiger partial charge in [0.05, 0.1) is 5.56 Å². The Labute approximate surface area is 111 Å². The summed E-state index contributed by atoms with van der Waals surface area (Å²) in [5.74, 6) is -0.874. The molecule has 5 heteroatoms. The summed E-state index contributed by atoms with van der Waals surface area (Å²) in [7, 11) is 0. The van der Waals surface area contributed by atoms with Crippen LogP contribution in [0, 0.1) is 18.3 Å². The molecule has 18 heavy (non-hydrogen) atoms. The van der Waals surface area contributed by atoms with Crippen molar-refractivity contribution < 1.29 is 9.90 Å². The first-order chi connectivity index (χ1) is 8.42. The van der Waals surface area contributed by atoms with E-state index < -0.39 is 10.7 Å². The third-order valence-corrected chi connectivity index (χ3v) is 3.96. The van der Waals surface area contributed by atoms with Gasteiger partial charge in [-0.3, -0.25) is 4.79 Å². The van der Waals surface area contributed by atoms with Crippen LogP contribution in [0.2, 0.25) is 0 Å². The van der Waals surface area contributed by atoms with E-state index in [9.17, 15) is 9.90 Å². The topological polar surface area (TPSA) is 74.0 Å². The van der Waals surface area contributed by atoms with Gasteiger partial charge < -0.3 is 5.11 Å². The number of carbonyl (C=O) groups is 1. The molecule has 96 valence electrons. The molecular formula is C13H16N2O2S. The van der Waals surface area contributed by atoms with Gasteiger partial charge in [0.2, 0.25) is 0 Å². The number of carboxylic acid groups (broad SMARTS) is 1. The molecule has 4 nitrogen and oxygen atoms in total. The average Bonchev–Trinajstić information content (AvgIpc) is 2.29. The van der Waals surface area contributed by atoms with Crippen molar-refractivity contribution in [3.8, 4) is 6.07 Å². The molecule has 1 rings (SSSR count). The summed E-state index contributed by atoms with van der Waals surface area (Å²) >= 11 is 1.16. The van der Waals surface area contributed by atoms with Crippen LogP contribution in [0.3, 0.4) is 0 Å². The molecule has 0 bridgehead atoms. The van der Waals surface area contributed by atoms with E-state index in [0.29, 0.717) is 17.0 Å². The van der Waals surface area contributed by atoms with Crippen LogP contribution in [0.25, 0.3) is 0 Å². The van der Waals surface area contributed by atoms with Crippen LogP contribution in [-0.4, -0.2) is 20.8 Å². The van der Waals surface area contributed by atoms with Crippen LogP contribution in [0.5, 0.6) is 0 Å². The van der Waals surface area contributed by atoms with Gasteiger partial charge in [0, 0.05) is 5.69 Å². The lowest BCUT2D eigenvalue weighted by Crippen LogP contribution is -2.31. The van der Waals surface area contributed by atoms with Crippen molar-refractivity contribution in [2.45, 2.75) is 43.4 Å². The van der Waals surface area contributed by atoms with Crippen molar-refractivity contribution in [1.29, 1.82) is 5.26 Å².